The first-order valence-electron chi connectivity index (χ1n) is 5.80. The molecule has 0 saturated heterocycles. The minimum atomic E-state index is -3.80. The number of nitrogens with zero attached hydrogens (tertiary/aromatic N) is 1. The highest BCUT2D eigenvalue weighted by Crippen LogP contribution is 2.29. The van der Waals surface area contributed by atoms with Crippen molar-refractivity contribution in [2.45, 2.75) is 26.8 Å². The minimum Gasteiger partial charge on any atom is -0.268 e. The second kappa shape index (κ2) is 4.28. The van der Waals surface area contributed by atoms with Crippen LogP contribution in [0.5, 0.6) is 0 Å². The molecule has 0 bridgehead atoms. The van der Waals surface area contributed by atoms with E-state index in [2.05, 4.69) is 4.72 Å². The molecule has 0 spiro atoms. The first-order chi connectivity index (χ1) is 8.34. The van der Waals surface area contributed by atoms with Crippen molar-refractivity contribution in [2.24, 2.45) is 5.92 Å². The number of para-hydroxylation sites is 1. The van der Waals surface area contributed by atoms with Crippen LogP contribution in [0.3, 0.4) is 0 Å². The van der Waals surface area contributed by atoms with Gasteiger partial charge in [-0.3, -0.25) is 9.52 Å². The van der Waals surface area contributed by atoms with Crippen molar-refractivity contribution in [3.63, 3.8) is 0 Å². The molecule has 18 heavy (non-hydrogen) atoms. The molecule has 98 valence electrons. The lowest BCUT2D eigenvalue weighted by Gasteiger charge is -2.34. The summed E-state index contributed by atoms with van der Waals surface area (Å²) in [7, 11) is -3.80. The highest BCUT2D eigenvalue weighted by atomic mass is 32.2. The Morgan fingerprint density at radius 1 is 1.17 bits per heavy atom. The number of hydrogen-bond donors (Lipinski definition) is 1. The number of benzene rings is 1. The zero-order valence-electron chi connectivity index (χ0n) is 10.5. The monoisotopic (exact) mass is 268 g/mol. The Balaban J connectivity index is 2.54. The summed E-state index contributed by atoms with van der Waals surface area (Å²) in [6.07, 6.45) is 0. The van der Waals surface area contributed by atoms with Crippen molar-refractivity contribution in [2.75, 3.05) is 4.72 Å². The summed E-state index contributed by atoms with van der Waals surface area (Å²) in [5, 5.41) is 0. The Morgan fingerprint density at radius 3 is 2.39 bits per heavy atom. The van der Waals surface area contributed by atoms with Crippen LogP contribution in [0.1, 0.15) is 31.1 Å². The van der Waals surface area contributed by atoms with Gasteiger partial charge in [0.05, 0.1) is 11.3 Å². The van der Waals surface area contributed by atoms with Crippen LogP contribution in [-0.2, 0) is 10.2 Å². The van der Waals surface area contributed by atoms with Gasteiger partial charge in [0.1, 0.15) is 0 Å². The van der Waals surface area contributed by atoms with Gasteiger partial charge in [-0.1, -0.05) is 26.0 Å². The number of nitrogens with one attached hydrogen (secondary N) is 1. The minimum absolute atomic E-state index is 0.0517. The quantitative estimate of drug-likeness (QED) is 0.890. The van der Waals surface area contributed by atoms with E-state index in [-0.39, 0.29) is 12.0 Å². The van der Waals surface area contributed by atoms with E-state index in [1.54, 1.807) is 31.2 Å². The molecule has 1 aromatic carbocycles. The molecular weight excluding hydrogens is 252 g/mol. The lowest BCUT2D eigenvalue weighted by atomic mass is 10.1. The molecule has 1 aliphatic heterocycles. The Hall–Kier alpha value is -1.56. The highest BCUT2D eigenvalue weighted by Gasteiger charge is 2.39. The molecule has 1 unspecified atom stereocenters. The maximum atomic E-state index is 12.3. The standard InChI is InChI=1S/C12H16N2O3S/c1-8(2)9(3)14-12(15)10-6-4-5-7-11(10)13-18(14,16)17/h4-9,13H,1-3H3. The van der Waals surface area contributed by atoms with Gasteiger partial charge in [-0.15, -0.1) is 0 Å². The highest BCUT2D eigenvalue weighted by molar-refractivity contribution is 7.91. The molecule has 0 aromatic heterocycles. The van der Waals surface area contributed by atoms with E-state index < -0.39 is 16.1 Å². The zero-order chi connectivity index (χ0) is 13.5. The Bertz CT molecular complexity index is 581. The van der Waals surface area contributed by atoms with Gasteiger partial charge in [-0.05, 0) is 25.0 Å². The molecule has 5 nitrogen and oxygen atoms in total. The third kappa shape index (κ3) is 1.96. The van der Waals surface area contributed by atoms with Crippen molar-refractivity contribution in [1.82, 2.24) is 4.31 Å². The molecule has 6 heteroatoms. The molecule has 0 fully saturated rings. The summed E-state index contributed by atoms with van der Waals surface area (Å²) in [4.78, 5) is 12.3. The number of anilines is 1. The number of rotatable bonds is 2. The molecule has 2 rings (SSSR count). The van der Waals surface area contributed by atoms with Gasteiger partial charge in [0.2, 0.25) is 0 Å². The number of carbonyl (C=O) groups is 1. The average Bonchev–Trinajstić information content (AvgIpc) is 2.27. The Morgan fingerprint density at radius 2 is 1.78 bits per heavy atom. The maximum Gasteiger partial charge on any atom is 0.326 e. The molecule has 1 heterocycles. The number of amides is 1. The van der Waals surface area contributed by atoms with Gasteiger partial charge in [0.15, 0.2) is 0 Å². The van der Waals surface area contributed by atoms with Crippen LogP contribution in [0.25, 0.3) is 0 Å². The SMILES string of the molecule is CC(C)C(C)N1C(=O)c2ccccc2NS1(=O)=O. The summed E-state index contributed by atoms with van der Waals surface area (Å²) in [6.45, 7) is 5.50. The largest absolute Gasteiger partial charge is 0.326 e. The number of fused-ring (bicyclic) bond motifs is 1. The summed E-state index contributed by atoms with van der Waals surface area (Å²) in [5.41, 5.74) is 0.731. The lowest BCUT2D eigenvalue weighted by molar-refractivity contribution is 0.0803. The summed E-state index contributed by atoms with van der Waals surface area (Å²) < 4.78 is 27.6. The fraction of sp³-hybridized carbons (Fsp3) is 0.417. The molecule has 0 radical (unpaired) electrons. The second-order valence-electron chi connectivity index (χ2n) is 4.74. The van der Waals surface area contributed by atoms with E-state index in [0.717, 1.165) is 4.31 Å². The van der Waals surface area contributed by atoms with Crippen LogP contribution in [0, 0.1) is 5.92 Å². The average molecular weight is 268 g/mol. The third-order valence-electron chi connectivity index (χ3n) is 3.19. The summed E-state index contributed by atoms with van der Waals surface area (Å²) in [5.74, 6) is -0.415. The predicted molar refractivity (Wildman–Crippen MR) is 69.5 cm³/mol. The van der Waals surface area contributed by atoms with Gasteiger partial charge < -0.3 is 0 Å². The van der Waals surface area contributed by atoms with Gasteiger partial charge in [0, 0.05) is 6.04 Å². The number of carbonyl (C=O) groups excluding carboxylic acids is 1. The fourth-order valence-electron chi connectivity index (χ4n) is 1.85. The maximum absolute atomic E-state index is 12.3. The van der Waals surface area contributed by atoms with E-state index in [9.17, 15) is 13.2 Å². The smallest absolute Gasteiger partial charge is 0.268 e. The van der Waals surface area contributed by atoms with Crippen molar-refractivity contribution in [3.05, 3.63) is 29.8 Å². The first-order valence-corrected chi connectivity index (χ1v) is 7.24. The molecule has 1 aromatic rings. The molecule has 1 aliphatic rings. The van der Waals surface area contributed by atoms with E-state index in [1.165, 1.54) is 0 Å². The van der Waals surface area contributed by atoms with E-state index >= 15 is 0 Å². The predicted octanol–water partition coefficient (Wildman–Crippen LogP) is 1.84. The van der Waals surface area contributed by atoms with Gasteiger partial charge in [-0.25, -0.2) is 4.31 Å². The van der Waals surface area contributed by atoms with Crippen LogP contribution in [-0.4, -0.2) is 24.7 Å². The molecule has 0 aliphatic carbocycles. The summed E-state index contributed by atoms with van der Waals surface area (Å²) >= 11 is 0. The molecule has 1 atom stereocenters. The fourth-order valence-corrected chi connectivity index (χ4v) is 3.40. The first kappa shape index (κ1) is 12.9. The van der Waals surface area contributed by atoms with Gasteiger partial charge >= 0.3 is 10.2 Å². The van der Waals surface area contributed by atoms with Crippen LogP contribution in [0.4, 0.5) is 5.69 Å². The van der Waals surface area contributed by atoms with Crippen molar-refractivity contribution >= 4 is 21.8 Å². The Kier molecular flexibility index (Phi) is 3.06. The number of hydrogen-bond acceptors (Lipinski definition) is 3. The molecule has 0 saturated carbocycles. The van der Waals surface area contributed by atoms with Gasteiger partial charge in [0.25, 0.3) is 5.91 Å². The third-order valence-corrected chi connectivity index (χ3v) is 4.68. The van der Waals surface area contributed by atoms with Crippen LogP contribution in [0.2, 0.25) is 0 Å². The normalized spacial score (nSPS) is 19.3. The molecule has 1 N–H and O–H groups in total. The summed E-state index contributed by atoms with van der Waals surface area (Å²) in [6, 6.07) is 6.23. The molecule has 1 amide bonds. The van der Waals surface area contributed by atoms with Crippen molar-refractivity contribution < 1.29 is 13.2 Å². The van der Waals surface area contributed by atoms with E-state index in [4.69, 9.17) is 0 Å². The van der Waals surface area contributed by atoms with E-state index in [1.807, 2.05) is 13.8 Å². The van der Waals surface area contributed by atoms with Crippen LogP contribution >= 0.6 is 0 Å². The van der Waals surface area contributed by atoms with Gasteiger partial charge in [-0.2, -0.15) is 8.42 Å². The Labute approximate surface area is 107 Å². The van der Waals surface area contributed by atoms with Crippen molar-refractivity contribution in [1.29, 1.82) is 0 Å². The zero-order valence-corrected chi connectivity index (χ0v) is 11.4. The topological polar surface area (TPSA) is 66.5 Å². The van der Waals surface area contributed by atoms with E-state index in [0.29, 0.717) is 11.3 Å². The van der Waals surface area contributed by atoms with Crippen LogP contribution < -0.4 is 4.72 Å². The van der Waals surface area contributed by atoms with Crippen molar-refractivity contribution in [3.8, 4) is 0 Å². The lowest BCUT2D eigenvalue weighted by Crippen LogP contribution is -2.50. The second-order valence-corrected chi connectivity index (χ2v) is 6.29. The van der Waals surface area contributed by atoms with Crippen LogP contribution in [0.15, 0.2) is 24.3 Å². The molecular formula is C12H16N2O3S.